The summed E-state index contributed by atoms with van der Waals surface area (Å²) in [6, 6.07) is 9.31. The van der Waals surface area contributed by atoms with E-state index in [9.17, 15) is 14.4 Å². The van der Waals surface area contributed by atoms with E-state index >= 15 is 0 Å². The van der Waals surface area contributed by atoms with Crippen LogP contribution in [-0.4, -0.2) is 52.3 Å². The van der Waals surface area contributed by atoms with Crippen molar-refractivity contribution in [2.75, 3.05) is 45.1 Å². The van der Waals surface area contributed by atoms with Crippen molar-refractivity contribution in [3.8, 4) is 17.2 Å². The minimum absolute atomic E-state index is 0.0990. The van der Waals surface area contributed by atoms with Gasteiger partial charge in [0.1, 0.15) is 0 Å². The fraction of sp³-hybridized carbons (Fsp3) is 0.318. The first-order valence-corrected chi connectivity index (χ1v) is 9.94. The van der Waals surface area contributed by atoms with Crippen LogP contribution < -0.4 is 35.5 Å². The molecule has 4 amide bonds. The van der Waals surface area contributed by atoms with Crippen LogP contribution in [0, 0.1) is 0 Å². The van der Waals surface area contributed by atoms with Crippen LogP contribution in [0.1, 0.15) is 23.7 Å². The summed E-state index contributed by atoms with van der Waals surface area (Å²) in [6.07, 6.45) is 0.377. The minimum atomic E-state index is -0.454. The number of hydrogen-bond donors (Lipinski definition) is 4. The third-order valence-electron chi connectivity index (χ3n) is 4.37. The van der Waals surface area contributed by atoms with E-state index < -0.39 is 6.03 Å². The fourth-order valence-corrected chi connectivity index (χ4v) is 2.74. The number of hydrogen-bond acceptors (Lipinski definition) is 6. The lowest BCUT2D eigenvalue weighted by Gasteiger charge is -2.15. The van der Waals surface area contributed by atoms with Crippen LogP contribution in [0.4, 0.5) is 16.2 Å². The van der Waals surface area contributed by atoms with E-state index in [1.807, 2.05) is 0 Å². The molecule has 2 aromatic rings. The van der Waals surface area contributed by atoms with Crippen molar-refractivity contribution in [2.45, 2.75) is 13.3 Å². The van der Waals surface area contributed by atoms with E-state index in [0.717, 1.165) is 0 Å². The van der Waals surface area contributed by atoms with Crippen LogP contribution in [0.15, 0.2) is 36.4 Å². The molecule has 0 aliphatic carbocycles. The van der Waals surface area contributed by atoms with Crippen LogP contribution in [0.2, 0.25) is 0 Å². The van der Waals surface area contributed by atoms with Gasteiger partial charge in [-0.05, 0) is 24.3 Å². The highest BCUT2D eigenvalue weighted by molar-refractivity contribution is 5.96. The largest absolute Gasteiger partial charge is 0.493 e. The van der Waals surface area contributed by atoms with Gasteiger partial charge in [-0.2, -0.15) is 0 Å². The van der Waals surface area contributed by atoms with Crippen LogP contribution in [0.3, 0.4) is 0 Å². The van der Waals surface area contributed by atoms with Crippen LogP contribution in [-0.2, 0) is 4.79 Å². The van der Waals surface area contributed by atoms with Crippen molar-refractivity contribution in [1.82, 2.24) is 10.6 Å². The average Bonchev–Trinajstić information content (AvgIpc) is 2.81. The number of ether oxygens (including phenoxy) is 3. The quantitative estimate of drug-likeness (QED) is 0.417. The highest BCUT2D eigenvalue weighted by atomic mass is 16.5. The molecular formula is C22H28N4O6. The van der Waals surface area contributed by atoms with Gasteiger partial charge in [0, 0.05) is 42.9 Å². The number of nitrogens with one attached hydrogen (secondary N) is 4. The van der Waals surface area contributed by atoms with Crippen molar-refractivity contribution >= 4 is 29.2 Å². The second kappa shape index (κ2) is 12.0. The predicted molar refractivity (Wildman–Crippen MR) is 121 cm³/mol. The van der Waals surface area contributed by atoms with Gasteiger partial charge in [0.05, 0.1) is 27.0 Å². The summed E-state index contributed by atoms with van der Waals surface area (Å²) in [5.41, 5.74) is 1.52. The first kappa shape index (κ1) is 24.3. The maximum atomic E-state index is 12.2. The molecule has 4 N–H and O–H groups in total. The van der Waals surface area contributed by atoms with Crippen molar-refractivity contribution in [3.63, 3.8) is 0 Å². The Morgan fingerprint density at radius 2 is 1.38 bits per heavy atom. The second-order valence-electron chi connectivity index (χ2n) is 6.53. The molecule has 0 aliphatic heterocycles. The van der Waals surface area contributed by atoms with Gasteiger partial charge < -0.3 is 35.5 Å². The zero-order valence-electron chi connectivity index (χ0n) is 18.5. The molecule has 0 unspecified atom stereocenters. The topological polar surface area (TPSA) is 127 Å². The van der Waals surface area contributed by atoms with Gasteiger partial charge in [0.25, 0.3) is 5.91 Å². The zero-order valence-corrected chi connectivity index (χ0v) is 18.5. The molecule has 0 saturated heterocycles. The zero-order chi connectivity index (χ0) is 23.5. The van der Waals surface area contributed by atoms with Gasteiger partial charge in [-0.3, -0.25) is 9.59 Å². The van der Waals surface area contributed by atoms with Crippen molar-refractivity contribution in [2.24, 2.45) is 0 Å². The van der Waals surface area contributed by atoms with Crippen molar-refractivity contribution < 1.29 is 28.6 Å². The molecule has 0 heterocycles. The number of amides is 4. The summed E-state index contributed by atoms with van der Waals surface area (Å²) in [6.45, 7) is 2.21. The van der Waals surface area contributed by atoms with Gasteiger partial charge in [-0.1, -0.05) is 6.92 Å². The molecule has 172 valence electrons. The number of methoxy groups -OCH3 is 3. The number of rotatable bonds is 10. The van der Waals surface area contributed by atoms with Gasteiger partial charge in [-0.15, -0.1) is 0 Å². The predicted octanol–water partition coefficient (Wildman–Crippen LogP) is 2.61. The lowest BCUT2D eigenvalue weighted by molar-refractivity contribution is -0.115. The lowest BCUT2D eigenvalue weighted by atomic mass is 10.2. The Balaban J connectivity index is 1.81. The van der Waals surface area contributed by atoms with Crippen molar-refractivity contribution in [3.05, 3.63) is 42.0 Å². The van der Waals surface area contributed by atoms with Gasteiger partial charge in [0.15, 0.2) is 11.5 Å². The Bertz CT molecular complexity index is 921. The maximum Gasteiger partial charge on any atom is 0.319 e. The van der Waals surface area contributed by atoms with Gasteiger partial charge in [-0.25, -0.2) is 4.79 Å². The van der Waals surface area contributed by atoms with E-state index in [4.69, 9.17) is 14.2 Å². The lowest BCUT2D eigenvalue weighted by Crippen LogP contribution is -2.36. The summed E-state index contributed by atoms with van der Waals surface area (Å²) >= 11 is 0. The summed E-state index contributed by atoms with van der Waals surface area (Å²) in [5, 5.41) is 10.8. The molecule has 0 fully saturated rings. The number of carbonyl (C=O) groups excluding carboxylic acids is 3. The molecule has 0 atom stereocenters. The highest BCUT2D eigenvalue weighted by Crippen LogP contribution is 2.39. The standard InChI is InChI=1S/C22H28N4O6/c1-5-19(27)25-15-8-6-14(7-9-15)21(28)23-10-11-24-22(29)26-16-12-17(30-2)20(32-4)18(13-16)31-3/h6-9,12-13H,5,10-11H2,1-4H3,(H,23,28)(H,25,27)(H2,24,26,29). The third kappa shape index (κ3) is 6.79. The number of carbonyl (C=O) groups is 3. The summed E-state index contributed by atoms with van der Waals surface area (Å²) in [7, 11) is 4.46. The molecule has 2 rings (SSSR count). The van der Waals surface area contributed by atoms with E-state index in [1.165, 1.54) is 21.3 Å². The molecular weight excluding hydrogens is 416 g/mol. The number of benzene rings is 2. The molecule has 10 heteroatoms. The number of urea groups is 1. The molecule has 0 radical (unpaired) electrons. The molecule has 32 heavy (non-hydrogen) atoms. The van der Waals surface area contributed by atoms with E-state index in [-0.39, 0.29) is 24.9 Å². The monoisotopic (exact) mass is 444 g/mol. The summed E-state index contributed by atoms with van der Waals surface area (Å²) in [5.74, 6) is 0.858. The summed E-state index contributed by atoms with van der Waals surface area (Å²) < 4.78 is 15.8. The SMILES string of the molecule is CCC(=O)Nc1ccc(C(=O)NCCNC(=O)Nc2cc(OC)c(OC)c(OC)c2)cc1. The Kier molecular flexibility index (Phi) is 9.15. The molecule has 0 spiro atoms. The highest BCUT2D eigenvalue weighted by Gasteiger charge is 2.14. The average molecular weight is 444 g/mol. The normalized spacial score (nSPS) is 10.0. The van der Waals surface area contributed by atoms with Gasteiger partial charge >= 0.3 is 6.03 Å². The van der Waals surface area contributed by atoms with Crippen LogP contribution in [0.5, 0.6) is 17.2 Å². The van der Waals surface area contributed by atoms with Crippen LogP contribution in [0.25, 0.3) is 0 Å². The molecule has 0 saturated carbocycles. The van der Waals surface area contributed by atoms with Crippen LogP contribution >= 0.6 is 0 Å². The Morgan fingerprint density at radius 3 is 1.91 bits per heavy atom. The number of anilines is 2. The molecule has 10 nitrogen and oxygen atoms in total. The van der Waals surface area contributed by atoms with E-state index in [2.05, 4.69) is 21.3 Å². The molecule has 2 aromatic carbocycles. The Hall–Kier alpha value is -3.95. The summed E-state index contributed by atoms with van der Waals surface area (Å²) in [4.78, 5) is 35.7. The van der Waals surface area contributed by atoms with E-state index in [1.54, 1.807) is 43.3 Å². The minimum Gasteiger partial charge on any atom is -0.493 e. The second-order valence-corrected chi connectivity index (χ2v) is 6.53. The Morgan fingerprint density at radius 1 is 0.781 bits per heavy atom. The first-order valence-electron chi connectivity index (χ1n) is 9.94. The molecule has 0 bridgehead atoms. The fourth-order valence-electron chi connectivity index (χ4n) is 2.74. The third-order valence-corrected chi connectivity index (χ3v) is 4.37. The van der Waals surface area contributed by atoms with E-state index in [0.29, 0.717) is 40.6 Å². The first-order chi connectivity index (χ1) is 15.4. The van der Waals surface area contributed by atoms with Gasteiger partial charge in [0.2, 0.25) is 11.7 Å². The van der Waals surface area contributed by atoms with Crippen molar-refractivity contribution in [1.29, 1.82) is 0 Å². The Labute approximate surface area is 186 Å². The molecule has 0 aromatic heterocycles. The smallest absolute Gasteiger partial charge is 0.319 e. The molecule has 0 aliphatic rings. The maximum absolute atomic E-state index is 12.2.